The van der Waals surface area contributed by atoms with Crippen LogP contribution >= 0.6 is 41.9 Å². The van der Waals surface area contributed by atoms with E-state index in [0.29, 0.717) is 34.2 Å². The first kappa shape index (κ1) is 34.1. The van der Waals surface area contributed by atoms with Crippen molar-refractivity contribution in [3.8, 4) is 10.4 Å². The van der Waals surface area contributed by atoms with Crippen molar-refractivity contribution in [3.05, 3.63) is 70.2 Å². The number of likely N-dealkylation sites (tertiary alicyclic amines) is 1. The van der Waals surface area contributed by atoms with Crippen LogP contribution in [0.4, 0.5) is 13.9 Å². The van der Waals surface area contributed by atoms with E-state index in [0.717, 1.165) is 33.9 Å². The molecule has 1 aliphatic heterocycles. The zero-order valence-electron chi connectivity index (χ0n) is 24.8. The highest BCUT2D eigenvalue weighted by molar-refractivity contribution is 7.52. The van der Waals surface area contributed by atoms with Gasteiger partial charge in [0.05, 0.1) is 9.75 Å². The molecular weight excluding hydrogens is 681 g/mol. The number of fused-ring (bicyclic) bond motifs is 1. The molecule has 0 radical (unpaired) electrons. The molecule has 3 amide bonds. The number of carbonyl (C=O) groups is 3. The van der Waals surface area contributed by atoms with Crippen LogP contribution in [-0.4, -0.2) is 56.0 Å². The van der Waals surface area contributed by atoms with Gasteiger partial charge in [-0.3, -0.25) is 18.9 Å². The molecular formula is C30H30ClF2N4O6PS2. The highest BCUT2D eigenvalue weighted by Gasteiger charge is 2.50. The second-order valence-corrected chi connectivity index (χ2v) is 16.1. The van der Waals surface area contributed by atoms with Gasteiger partial charge in [0.2, 0.25) is 11.8 Å². The number of rotatable bonds is 8. The minimum Gasteiger partial charge on any atom is -0.339 e. The Morgan fingerprint density at radius 3 is 2.52 bits per heavy atom. The van der Waals surface area contributed by atoms with Crippen LogP contribution in [0.3, 0.4) is 0 Å². The lowest BCUT2D eigenvalue weighted by Crippen LogP contribution is -2.57. The number of hydrogen-bond acceptors (Lipinski definition) is 7. The summed E-state index contributed by atoms with van der Waals surface area (Å²) in [7, 11) is -5.77. The number of thiophene rings is 1. The predicted octanol–water partition coefficient (Wildman–Crippen LogP) is 6.68. The summed E-state index contributed by atoms with van der Waals surface area (Å²) in [5.74, 6) is -1.47. The van der Waals surface area contributed by atoms with Crippen molar-refractivity contribution < 1.29 is 37.5 Å². The second kappa shape index (κ2) is 12.7. The van der Waals surface area contributed by atoms with E-state index in [4.69, 9.17) is 21.4 Å². The lowest BCUT2D eigenvalue weighted by Gasteiger charge is -2.35. The fourth-order valence-electron chi connectivity index (χ4n) is 5.13. The molecule has 4 aromatic rings. The van der Waals surface area contributed by atoms with Crippen LogP contribution in [0.25, 0.3) is 20.5 Å². The lowest BCUT2D eigenvalue weighted by atomic mass is 9.85. The number of benzene rings is 2. The van der Waals surface area contributed by atoms with E-state index in [-0.39, 0.29) is 10.3 Å². The number of carbonyl (C=O) groups excluding carboxylic acids is 3. The van der Waals surface area contributed by atoms with Gasteiger partial charge in [0.15, 0.2) is 5.13 Å². The van der Waals surface area contributed by atoms with Gasteiger partial charge in [-0.25, -0.2) is 4.98 Å². The third-order valence-electron chi connectivity index (χ3n) is 7.53. The summed E-state index contributed by atoms with van der Waals surface area (Å²) in [5, 5.41) is 6.71. The Hall–Kier alpha value is -3.26. The van der Waals surface area contributed by atoms with Crippen molar-refractivity contribution in [1.29, 1.82) is 0 Å². The monoisotopic (exact) mass is 710 g/mol. The second-order valence-electron chi connectivity index (χ2n) is 11.9. The molecule has 1 aliphatic rings. The number of alkyl halides is 2. The van der Waals surface area contributed by atoms with Gasteiger partial charge in [0, 0.05) is 28.0 Å². The van der Waals surface area contributed by atoms with Crippen LogP contribution in [0.5, 0.6) is 0 Å². The van der Waals surface area contributed by atoms with Crippen molar-refractivity contribution >= 4 is 74.8 Å². The Morgan fingerprint density at radius 1 is 1.11 bits per heavy atom. The zero-order chi connectivity index (χ0) is 33.6. The molecule has 2 aromatic carbocycles. The first-order valence-corrected chi connectivity index (χ1v) is 17.7. The fraction of sp³-hybridized carbons (Fsp3) is 0.333. The Bertz CT molecular complexity index is 1870. The van der Waals surface area contributed by atoms with Crippen LogP contribution in [0.15, 0.2) is 54.7 Å². The largest absolute Gasteiger partial charge is 0.399 e. The summed E-state index contributed by atoms with van der Waals surface area (Å²) in [6.45, 7) is 5.63. The molecule has 0 bridgehead atoms. The lowest BCUT2D eigenvalue weighted by molar-refractivity contribution is -0.140. The van der Waals surface area contributed by atoms with Gasteiger partial charge >= 0.3 is 13.3 Å². The summed E-state index contributed by atoms with van der Waals surface area (Å²) in [4.78, 5) is 65.5. The molecule has 5 rings (SSSR count). The standard InChI is InChI=1S/C30H30ClF2N4O6PS2/c1-29(2,3)24(35-26(39)22-14-17-12-18(9-10-21(17)45-22)30(32,33)44(41,42)43)27(40)37-11-5-8-20(37)25(38)36-28-34-15-23(46-28)16-6-4-7-19(31)13-16/h4,6-7,9-10,12-15,20,24H,5,8,11H2,1-3H3,(H,35,39)(H,34,36,38)(H2,41,42,43). The van der Waals surface area contributed by atoms with Crippen molar-refractivity contribution in [2.24, 2.45) is 5.41 Å². The van der Waals surface area contributed by atoms with E-state index < -0.39 is 54.0 Å². The minimum atomic E-state index is -5.77. The maximum absolute atomic E-state index is 14.3. The van der Waals surface area contributed by atoms with Gasteiger partial charge in [0.25, 0.3) is 5.91 Å². The van der Waals surface area contributed by atoms with Crippen LogP contribution in [0.2, 0.25) is 5.02 Å². The normalized spacial score (nSPS) is 16.4. The average Bonchev–Trinajstić information content (AvgIpc) is 3.73. The first-order valence-electron chi connectivity index (χ1n) is 14.1. The Labute approximate surface area is 275 Å². The zero-order valence-corrected chi connectivity index (χ0v) is 28.1. The number of nitrogens with one attached hydrogen (secondary N) is 2. The predicted molar refractivity (Wildman–Crippen MR) is 174 cm³/mol. The van der Waals surface area contributed by atoms with Crippen molar-refractivity contribution in [1.82, 2.24) is 15.2 Å². The number of anilines is 1. The van der Waals surface area contributed by atoms with Crippen LogP contribution in [0.1, 0.15) is 48.8 Å². The molecule has 244 valence electrons. The summed E-state index contributed by atoms with van der Waals surface area (Å²) >= 11 is 8.35. The van der Waals surface area contributed by atoms with Gasteiger partial charge in [0.1, 0.15) is 12.1 Å². The van der Waals surface area contributed by atoms with Gasteiger partial charge in [-0.2, -0.15) is 8.78 Å². The summed E-state index contributed by atoms with van der Waals surface area (Å²) < 4.78 is 40.3. The highest BCUT2D eigenvalue weighted by atomic mass is 35.5. The van der Waals surface area contributed by atoms with Crippen LogP contribution < -0.4 is 10.6 Å². The SMILES string of the molecule is CC(C)(C)C(NC(=O)c1cc2cc(C(F)(F)P(=O)(O)O)ccc2s1)C(=O)N1CCCC1C(=O)Nc1ncc(-c2cccc(Cl)c2)s1. The first-order chi connectivity index (χ1) is 21.5. The molecule has 4 N–H and O–H groups in total. The number of amides is 3. The van der Waals surface area contributed by atoms with Gasteiger partial charge in [-0.05, 0) is 59.5 Å². The van der Waals surface area contributed by atoms with E-state index in [1.165, 1.54) is 28.4 Å². The number of aromatic nitrogens is 1. The van der Waals surface area contributed by atoms with E-state index in [1.807, 2.05) is 12.1 Å². The van der Waals surface area contributed by atoms with E-state index in [2.05, 4.69) is 15.6 Å². The molecule has 16 heteroatoms. The smallest absolute Gasteiger partial charge is 0.339 e. The topological polar surface area (TPSA) is 149 Å². The summed E-state index contributed by atoms with van der Waals surface area (Å²) in [6, 6.07) is 9.85. The van der Waals surface area contributed by atoms with Crippen molar-refractivity contribution in [2.75, 3.05) is 11.9 Å². The van der Waals surface area contributed by atoms with E-state index >= 15 is 0 Å². The molecule has 0 saturated carbocycles. The number of halogens is 3. The van der Waals surface area contributed by atoms with E-state index in [1.54, 1.807) is 39.1 Å². The van der Waals surface area contributed by atoms with Gasteiger partial charge < -0.3 is 25.3 Å². The number of thiazole rings is 1. The highest BCUT2D eigenvalue weighted by Crippen LogP contribution is 2.59. The molecule has 2 unspecified atom stereocenters. The molecule has 10 nitrogen and oxygen atoms in total. The van der Waals surface area contributed by atoms with Crippen LogP contribution in [0, 0.1) is 5.41 Å². The molecule has 2 atom stereocenters. The molecule has 1 saturated heterocycles. The molecule has 0 aliphatic carbocycles. The third kappa shape index (κ3) is 7.02. The molecule has 46 heavy (non-hydrogen) atoms. The number of nitrogens with zero attached hydrogens (tertiary/aromatic N) is 2. The Morgan fingerprint density at radius 2 is 1.85 bits per heavy atom. The maximum Gasteiger partial charge on any atom is 0.399 e. The summed E-state index contributed by atoms with van der Waals surface area (Å²) in [6.07, 6.45) is 2.64. The third-order valence-corrected chi connectivity index (χ3v) is 10.8. The molecule has 0 spiro atoms. The van der Waals surface area contributed by atoms with Crippen molar-refractivity contribution in [3.63, 3.8) is 0 Å². The molecule has 2 aromatic heterocycles. The quantitative estimate of drug-likeness (QED) is 0.149. The van der Waals surface area contributed by atoms with Crippen LogP contribution in [-0.2, 0) is 19.8 Å². The number of hydrogen-bond donors (Lipinski definition) is 4. The average molecular weight is 711 g/mol. The summed E-state index contributed by atoms with van der Waals surface area (Å²) in [5.41, 5.74) is -5.19. The van der Waals surface area contributed by atoms with Gasteiger partial charge in [-0.1, -0.05) is 61.9 Å². The van der Waals surface area contributed by atoms with Gasteiger partial charge in [-0.15, -0.1) is 11.3 Å². The Kier molecular flexibility index (Phi) is 9.44. The Balaban J connectivity index is 1.31. The fourth-order valence-corrected chi connectivity index (χ4v) is 7.55. The van der Waals surface area contributed by atoms with E-state index in [9.17, 15) is 27.7 Å². The molecule has 3 heterocycles. The van der Waals surface area contributed by atoms with Crippen molar-refractivity contribution in [2.45, 2.75) is 51.4 Å². The minimum absolute atomic E-state index is 0.115. The maximum atomic E-state index is 14.3. The molecule has 1 fully saturated rings.